The van der Waals surface area contributed by atoms with Gasteiger partial charge < -0.3 is 19.1 Å². The molecule has 0 N–H and O–H groups in total. The summed E-state index contributed by atoms with van der Waals surface area (Å²) < 4.78 is 0. The number of rotatable bonds is 0. The topological polar surface area (TPSA) is 17.1 Å². The summed E-state index contributed by atoms with van der Waals surface area (Å²) in [5.41, 5.74) is -0.583. The minimum Gasteiger partial charge on any atom is -0.358 e. The number of carbonyl (C=O) groups is 1. The van der Waals surface area contributed by atoms with E-state index in [0.717, 1.165) is 0 Å². The molecule has 6 heavy (non-hydrogen) atoms. The molecule has 0 aromatic rings. The molecule has 0 saturated heterocycles. The summed E-state index contributed by atoms with van der Waals surface area (Å²) in [7, 11) is 4.36. The third kappa shape index (κ3) is 129. The average molecular weight is 157 g/mol. The van der Waals surface area contributed by atoms with E-state index in [9.17, 15) is 0 Å². The molecule has 0 saturated carbocycles. The van der Waals surface area contributed by atoms with Crippen LogP contribution >= 0.6 is 0 Å². The maximum absolute atomic E-state index is 9.11. The number of hydrogen-bond donors (Lipinski definition) is 0. The third-order valence-corrected chi connectivity index (χ3v) is 0. The third-order valence-electron chi connectivity index (χ3n) is 0. The zero-order valence-corrected chi connectivity index (χ0v) is 6.61. The second-order valence-corrected chi connectivity index (χ2v) is 0.466. The first-order valence-electron chi connectivity index (χ1n) is 0.846. The zero-order chi connectivity index (χ0) is 3.58. The Morgan fingerprint density at radius 3 is 1.67 bits per heavy atom. The molecule has 31 valence electrons. The minimum atomic E-state index is -0.583. The van der Waals surface area contributed by atoms with Gasteiger partial charge in [0.15, 0.2) is 0 Å². The molecule has 0 aliphatic rings. The van der Waals surface area contributed by atoms with Gasteiger partial charge in [0.05, 0.1) is 0 Å². The van der Waals surface area contributed by atoms with Crippen LogP contribution in [0.4, 0.5) is 0 Å². The zero-order valence-electron chi connectivity index (χ0n) is 3.77. The van der Waals surface area contributed by atoms with Crippen LogP contribution < -0.4 is 0 Å². The van der Waals surface area contributed by atoms with Gasteiger partial charge in [-0.3, -0.25) is 0 Å². The molecule has 0 aromatic carbocycles. The summed E-state index contributed by atoms with van der Waals surface area (Å²) >= 11 is 0. The first-order valence-corrected chi connectivity index (χ1v) is 0.846. The van der Waals surface area contributed by atoms with Crippen molar-refractivity contribution >= 4 is 13.5 Å². The molecule has 3 radical (unpaired) electrons. The van der Waals surface area contributed by atoms with Crippen molar-refractivity contribution in [1.29, 1.82) is 0 Å². The van der Waals surface area contributed by atoms with Crippen LogP contribution in [0.2, 0.25) is 0 Å². The Balaban J connectivity index is -0.0000000450. The Hall–Kier alpha value is 0.709. The average Bonchev–Trinajstić information content (AvgIpc) is 0.811. The van der Waals surface area contributed by atoms with Crippen molar-refractivity contribution in [3.05, 3.63) is 14.4 Å². The van der Waals surface area contributed by atoms with Crippen LogP contribution in [0.15, 0.2) is 0 Å². The first-order chi connectivity index (χ1) is 1.73. The first kappa shape index (κ1) is 15.9. The number of carbonyl (C=O) groups excluding carboxylic acids is 1. The van der Waals surface area contributed by atoms with Crippen LogP contribution in [0.25, 0.3) is 0 Å². The molecule has 0 bridgehead atoms. The molecule has 0 aromatic heterocycles. The molecule has 0 atom stereocenters. The predicted octanol–water partition coefficient (Wildman–Crippen LogP) is -0.0366. The molecule has 0 rings (SSSR count). The molecule has 0 amide bonds. The van der Waals surface area contributed by atoms with Crippen LogP contribution in [0, 0.1) is 14.4 Å². The van der Waals surface area contributed by atoms with Crippen LogP contribution in [0.1, 0.15) is 0 Å². The second kappa shape index (κ2) is 9.20. The quantitative estimate of drug-likeness (QED) is 0.356. The van der Waals surface area contributed by atoms with E-state index >= 15 is 0 Å². The van der Waals surface area contributed by atoms with E-state index in [1.807, 2.05) is 0 Å². The van der Waals surface area contributed by atoms with E-state index in [1.54, 1.807) is 0 Å². The molecule has 0 aliphatic carbocycles. The van der Waals surface area contributed by atoms with Crippen molar-refractivity contribution in [2.75, 3.05) is 0 Å². The molecule has 0 fully saturated rings. The Morgan fingerprint density at radius 2 is 1.67 bits per heavy atom. The summed E-state index contributed by atoms with van der Waals surface area (Å²) in [6.07, 6.45) is 0. The molecular formula is C3H5BOY-2. The van der Waals surface area contributed by atoms with Gasteiger partial charge in [0.2, 0.25) is 0 Å². The fourth-order valence-corrected chi connectivity index (χ4v) is 0. The molecule has 1 nitrogen and oxygen atoms in total. The van der Waals surface area contributed by atoms with Gasteiger partial charge in [-0.15, -0.1) is 0 Å². The molecular weight excluding hydrogens is 152 g/mol. The summed E-state index contributed by atoms with van der Waals surface area (Å²) in [5.74, 6) is 0. The van der Waals surface area contributed by atoms with Crippen molar-refractivity contribution in [2.45, 2.75) is 0 Å². The number of hydrogen-bond acceptors (Lipinski definition) is 1. The van der Waals surface area contributed by atoms with Gasteiger partial charge >= 0.3 is 0 Å². The molecule has 0 aliphatic heterocycles. The van der Waals surface area contributed by atoms with Crippen LogP contribution in [-0.2, 0) is 37.5 Å². The summed E-state index contributed by atoms with van der Waals surface area (Å²) in [6.45, 7) is 2.78. The summed E-state index contributed by atoms with van der Waals surface area (Å²) in [4.78, 5) is 9.11. The Bertz CT molecular complexity index is 33.8. The monoisotopic (exact) mass is 157 g/mol. The summed E-state index contributed by atoms with van der Waals surface area (Å²) in [6, 6.07) is 0. The fraction of sp³-hybridized carbons (Fsp3) is 0. The van der Waals surface area contributed by atoms with E-state index in [4.69, 9.17) is 4.79 Å². The molecule has 0 spiro atoms. The van der Waals surface area contributed by atoms with Crippen LogP contribution in [0.5, 0.6) is 0 Å². The van der Waals surface area contributed by atoms with Gasteiger partial charge in [0, 0.05) is 32.7 Å². The van der Waals surface area contributed by atoms with Gasteiger partial charge in [-0.1, -0.05) is 5.68 Å². The van der Waals surface area contributed by atoms with Crippen molar-refractivity contribution in [1.82, 2.24) is 0 Å². The van der Waals surface area contributed by atoms with Gasteiger partial charge in [-0.05, 0) is 0 Å². The summed E-state index contributed by atoms with van der Waals surface area (Å²) in [5, 5.41) is 0. The Kier molecular flexibility index (Phi) is 24.4. The maximum atomic E-state index is 9.11. The fourth-order valence-electron chi connectivity index (χ4n) is 0. The van der Waals surface area contributed by atoms with Crippen molar-refractivity contribution < 1.29 is 37.5 Å². The normalized spacial score (nSPS) is 4.00. The van der Waals surface area contributed by atoms with Crippen molar-refractivity contribution in [3.63, 3.8) is 0 Å². The van der Waals surface area contributed by atoms with E-state index in [-0.39, 0.29) is 40.1 Å². The standard InChI is InChI=1S/C2H2BO.CH3.Y/c1-2(3)4;;/h1H2;1H3;/q2*-1;. The van der Waals surface area contributed by atoms with Crippen LogP contribution in [-0.4, -0.2) is 13.5 Å². The smallest absolute Gasteiger partial charge is 0.120 e. The maximum Gasteiger partial charge on any atom is 0.120 e. The van der Waals surface area contributed by atoms with Crippen molar-refractivity contribution in [2.24, 2.45) is 0 Å². The minimum absolute atomic E-state index is 0. The molecule has 0 unspecified atom stereocenters. The van der Waals surface area contributed by atoms with Gasteiger partial charge in [0.25, 0.3) is 0 Å². The second-order valence-electron chi connectivity index (χ2n) is 0.466. The molecule has 3 heteroatoms. The van der Waals surface area contributed by atoms with Gasteiger partial charge in [0.1, 0.15) is 7.85 Å². The van der Waals surface area contributed by atoms with Gasteiger partial charge in [-0.25, -0.2) is 0 Å². The van der Waals surface area contributed by atoms with E-state index in [0.29, 0.717) is 0 Å². The van der Waals surface area contributed by atoms with Crippen LogP contribution in [0.3, 0.4) is 0 Å². The van der Waals surface area contributed by atoms with E-state index in [1.165, 1.54) is 0 Å². The Labute approximate surface area is 65.2 Å². The Morgan fingerprint density at radius 1 is 1.67 bits per heavy atom. The largest absolute Gasteiger partial charge is 0.358 e. The van der Waals surface area contributed by atoms with E-state index in [2.05, 4.69) is 14.8 Å². The predicted molar refractivity (Wildman–Crippen MR) is 22.5 cm³/mol. The molecule has 0 heterocycles. The SMILES string of the molecule is [B]C([CH2-])=O.[CH3-].[Y]. The van der Waals surface area contributed by atoms with E-state index < -0.39 is 5.68 Å². The van der Waals surface area contributed by atoms with Gasteiger partial charge in [-0.2, -0.15) is 0 Å². The van der Waals surface area contributed by atoms with Crippen molar-refractivity contribution in [3.8, 4) is 0 Å².